The van der Waals surface area contributed by atoms with Gasteiger partial charge in [-0.05, 0) is 19.3 Å². The summed E-state index contributed by atoms with van der Waals surface area (Å²) in [5, 5.41) is 3.91. The summed E-state index contributed by atoms with van der Waals surface area (Å²) in [5.74, 6) is 1.45. The Kier molecular flexibility index (Phi) is 2.58. The minimum atomic E-state index is -0.0698. The summed E-state index contributed by atoms with van der Waals surface area (Å²) in [6.45, 7) is 1.85. The number of hydrogen-bond acceptors (Lipinski definition) is 4. The first-order valence-corrected chi connectivity index (χ1v) is 7.28. The second kappa shape index (κ2) is 4.33. The molecule has 2 aliphatic heterocycles. The lowest BCUT2D eigenvalue weighted by molar-refractivity contribution is -0.130. The van der Waals surface area contributed by atoms with Gasteiger partial charge in [0.25, 0.3) is 5.91 Å². The van der Waals surface area contributed by atoms with Crippen molar-refractivity contribution in [3.05, 3.63) is 17.5 Å². The standard InChI is InChI=1S/C14H17N3O3/c18-13-4-3-10-8-16(5-6-17(10)13)14(19)11-7-12(20-15-11)9-1-2-9/h7,9-10H,1-6,8H2/t10-/m1/s1. The average molecular weight is 275 g/mol. The molecule has 20 heavy (non-hydrogen) atoms. The van der Waals surface area contributed by atoms with Crippen molar-refractivity contribution in [2.45, 2.75) is 37.6 Å². The van der Waals surface area contributed by atoms with Crippen molar-refractivity contribution in [1.82, 2.24) is 15.0 Å². The Morgan fingerprint density at radius 2 is 2.15 bits per heavy atom. The van der Waals surface area contributed by atoms with Gasteiger partial charge in [0, 0.05) is 44.1 Å². The van der Waals surface area contributed by atoms with E-state index in [1.807, 2.05) is 4.90 Å². The predicted octanol–water partition coefficient (Wildman–Crippen LogP) is 0.999. The molecule has 0 radical (unpaired) electrons. The zero-order valence-corrected chi connectivity index (χ0v) is 11.2. The highest BCUT2D eigenvalue weighted by Crippen LogP contribution is 2.40. The van der Waals surface area contributed by atoms with E-state index in [1.54, 1.807) is 11.0 Å². The molecule has 3 fully saturated rings. The Bertz CT molecular complexity index is 564. The third-order valence-corrected chi connectivity index (χ3v) is 4.51. The molecule has 3 heterocycles. The summed E-state index contributed by atoms with van der Waals surface area (Å²) in [5.41, 5.74) is 0.407. The maximum atomic E-state index is 12.4. The molecular formula is C14H17N3O3. The lowest BCUT2D eigenvalue weighted by atomic mass is 10.1. The van der Waals surface area contributed by atoms with E-state index >= 15 is 0 Å². The van der Waals surface area contributed by atoms with E-state index in [2.05, 4.69) is 5.16 Å². The highest BCUT2D eigenvalue weighted by atomic mass is 16.5. The molecule has 0 bridgehead atoms. The third kappa shape index (κ3) is 1.90. The number of hydrogen-bond donors (Lipinski definition) is 0. The molecule has 2 amide bonds. The fraction of sp³-hybridized carbons (Fsp3) is 0.643. The van der Waals surface area contributed by atoms with E-state index in [0.717, 1.165) is 25.0 Å². The van der Waals surface area contributed by atoms with E-state index in [-0.39, 0.29) is 17.9 Å². The SMILES string of the molecule is O=C(c1cc(C2CC2)on1)N1CCN2C(=O)CC[C@@H]2C1. The maximum Gasteiger partial charge on any atom is 0.276 e. The first-order valence-electron chi connectivity index (χ1n) is 7.28. The summed E-state index contributed by atoms with van der Waals surface area (Å²) in [6.07, 6.45) is 3.73. The second-order valence-electron chi connectivity index (χ2n) is 5.92. The summed E-state index contributed by atoms with van der Waals surface area (Å²) >= 11 is 0. The number of amides is 2. The largest absolute Gasteiger partial charge is 0.360 e. The minimum absolute atomic E-state index is 0.0698. The Morgan fingerprint density at radius 1 is 1.30 bits per heavy atom. The van der Waals surface area contributed by atoms with E-state index in [9.17, 15) is 9.59 Å². The van der Waals surface area contributed by atoms with Crippen molar-refractivity contribution in [1.29, 1.82) is 0 Å². The Labute approximate surface area is 116 Å². The number of carbonyl (C=O) groups excluding carboxylic acids is 2. The molecule has 0 spiro atoms. The zero-order chi connectivity index (χ0) is 13.7. The predicted molar refractivity (Wildman–Crippen MR) is 69.1 cm³/mol. The maximum absolute atomic E-state index is 12.4. The van der Waals surface area contributed by atoms with Gasteiger partial charge in [-0.25, -0.2) is 0 Å². The van der Waals surface area contributed by atoms with Gasteiger partial charge >= 0.3 is 0 Å². The van der Waals surface area contributed by atoms with Gasteiger partial charge in [-0.2, -0.15) is 0 Å². The van der Waals surface area contributed by atoms with Crippen LogP contribution in [0.25, 0.3) is 0 Å². The summed E-state index contributed by atoms with van der Waals surface area (Å²) in [7, 11) is 0. The molecule has 1 aromatic heterocycles. The zero-order valence-electron chi connectivity index (χ0n) is 11.2. The molecule has 1 aromatic rings. The van der Waals surface area contributed by atoms with Crippen LogP contribution in [0.4, 0.5) is 0 Å². The molecule has 106 valence electrons. The Hall–Kier alpha value is -1.85. The highest BCUT2D eigenvalue weighted by molar-refractivity contribution is 5.92. The summed E-state index contributed by atoms with van der Waals surface area (Å²) < 4.78 is 5.24. The number of nitrogens with zero attached hydrogens (tertiary/aromatic N) is 3. The van der Waals surface area contributed by atoms with Crippen molar-refractivity contribution in [2.75, 3.05) is 19.6 Å². The molecule has 1 aliphatic carbocycles. The first kappa shape index (κ1) is 11.9. The molecule has 3 aliphatic rings. The molecule has 0 N–H and O–H groups in total. The van der Waals surface area contributed by atoms with Crippen LogP contribution in [0.2, 0.25) is 0 Å². The highest BCUT2D eigenvalue weighted by Gasteiger charge is 2.38. The summed E-state index contributed by atoms with van der Waals surface area (Å²) in [6, 6.07) is 1.97. The minimum Gasteiger partial charge on any atom is -0.360 e. The normalized spacial score (nSPS) is 26.0. The fourth-order valence-corrected chi connectivity index (χ4v) is 3.16. The summed E-state index contributed by atoms with van der Waals surface area (Å²) in [4.78, 5) is 27.8. The van der Waals surface area contributed by atoms with Crippen molar-refractivity contribution in [3.63, 3.8) is 0 Å². The van der Waals surface area contributed by atoms with Gasteiger partial charge in [-0.15, -0.1) is 0 Å². The molecule has 4 rings (SSSR count). The molecule has 0 aromatic carbocycles. The van der Waals surface area contributed by atoms with Gasteiger partial charge in [-0.1, -0.05) is 5.16 Å². The molecular weight excluding hydrogens is 258 g/mol. The van der Waals surface area contributed by atoms with Crippen LogP contribution in [0.15, 0.2) is 10.6 Å². The Morgan fingerprint density at radius 3 is 2.95 bits per heavy atom. The molecule has 1 atom stereocenters. The quantitative estimate of drug-likeness (QED) is 0.807. The Balaban J connectivity index is 1.47. The first-order chi connectivity index (χ1) is 9.72. The number of aromatic nitrogens is 1. The van der Waals surface area contributed by atoms with Gasteiger partial charge < -0.3 is 14.3 Å². The molecule has 1 saturated carbocycles. The number of rotatable bonds is 2. The van der Waals surface area contributed by atoms with Crippen LogP contribution in [0.1, 0.15) is 47.8 Å². The van der Waals surface area contributed by atoms with Crippen LogP contribution < -0.4 is 0 Å². The van der Waals surface area contributed by atoms with Crippen LogP contribution in [0.5, 0.6) is 0 Å². The van der Waals surface area contributed by atoms with Gasteiger partial charge in [0.1, 0.15) is 5.76 Å². The molecule has 6 nitrogen and oxygen atoms in total. The van der Waals surface area contributed by atoms with Gasteiger partial charge in [-0.3, -0.25) is 9.59 Å². The van der Waals surface area contributed by atoms with Gasteiger partial charge in [0.05, 0.1) is 0 Å². The third-order valence-electron chi connectivity index (χ3n) is 4.51. The second-order valence-corrected chi connectivity index (χ2v) is 5.92. The van der Waals surface area contributed by atoms with Crippen LogP contribution in [-0.2, 0) is 4.79 Å². The van der Waals surface area contributed by atoms with Gasteiger partial charge in [0.15, 0.2) is 5.69 Å². The fourth-order valence-electron chi connectivity index (χ4n) is 3.16. The van der Waals surface area contributed by atoms with Crippen molar-refractivity contribution < 1.29 is 14.1 Å². The van der Waals surface area contributed by atoms with E-state index < -0.39 is 0 Å². The lowest BCUT2D eigenvalue weighted by Crippen LogP contribution is -2.53. The number of piperazine rings is 1. The molecule has 2 saturated heterocycles. The smallest absolute Gasteiger partial charge is 0.276 e. The van der Waals surface area contributed by atoms with Crippen molar-refractivity contribution in [3.8, 4) is 0 Å². The molecule has 6 heteroatoms. The van der Waals surface area contributed by atoms with E-state index in [4.69, 9.17) is 4.52 Å². The van der Waals surface area contributed by atoms with Crippen LogP contribution in [0.3, 0.4) is 0 Å². The van der Waals surface area contributed by atoms with Crippen LogP contribution in [-0.4, -0.2) is 52.4 Å². The van der Waals surface area contributed by atoms with E-state index in [1.165, 1.54) is 0 Å². The van der Waals surface area contributed by atoms with E-state index in [0.29, 0.717) is 37.7 Å². The van der Waals surface area contributed by atoms with Crippen molar-refractivity contribution >= 4 is 11.8 Å². The van der Waals surface area contributed by atoms with Crippen LogP contribution in [0, 0.1) is 0 Å². The molecule has 0 unspecified atom stereocenters. The lowest BCUT2D eigenvalue weighted by Gasteiger charge is -2.37. The van der Waals surface area contributed by atoms with Crippen LogP contribution >= 0.6 is 0 Å². The van der Waals surface area contributed by atoms with Gasteiger partial charge in [0.2, 0.25) is 5.91 Å². The monoisotopic (exact) mass is 275 g/mol. The average Bonchev–Trinajstić information content (AvgIpc) is 3.09. The van der Waals surface area contributed by atoms with Crippen molar-refractivity contribution in [2.24, 2.45) is 0 Å². The number of fused-ring (bicyclic) bond motifs is 1. The number of carbonyl (C=O) groups is 2. The topological polar surface area (TPSA) is 66.7 Å².